The quantitative estimate of drug-likeness (QED) is 0.682. The van der Waals surface area contributed by atoms with Crippen molar-refractivity contribution in [2.45, 2.75) is 0 Å². The van der Waals surface area contributed by atoms with E-state index in [0.717, 1.165) is 11.6 Å². The molecule has 0 saturated carbocycles. The molecule has 1 fully saturated rings. The Bertz CT molecular complexity index is 924. The summed E-state index contributed by atoms with van der Waals surface area (Å²) in [7, 11) is 1.64. The van der Waals surface area contributed by atoms with Crippen LogP contribution in [0.1, 0.15) is 10.5 Å². The summed E-state index contributed by atoms with van der Waals surface area (Å²) in [5.74, 6) is 1.58. The minimum absolute atomic E-state index is 0.0559. The van der Waals surface area contributed by atoms with Crippen molar-refractivity contribution < 1.29 is 9.53 Å². The number of ether oxygens (including phenoxy) is 1. The number of piperazine rings is 1. The summed E-state index contributed by atoms with van der Waals surface area (Å²) in [4.78, 5) is 33.8. The van der Waals surface area contributed by atoms with E-state index in [0.29, 0.717) is 42.6 Å². The number of carbonyl (C=O) groups excluding carboxylic acids is 1. The summed E-state index contributed by atoms with van der Waals surface area (Å²) in [6, 6.07) is 3.73. The summed E-state index contributed by atoms with van der Waals surface area (Å²) in [6.07, 6.45) is 6.60. The first kappa shape index (κ1) is 17.3. The first-order chi connectivity index (χ1) is 13.2. The molecule has 9 heteroatoms. The fourth-order valence-corrected chi connectivity index (χ4v) is 3.65. The van der Waals surface area contributed by atoms with E-state index in [9.17, 15) is 4.79 Å². The number of carbonyl (C=O) groups is 1. The van der Waals surface area contributed by atoms with Crippen LogP contribution < -0.4 is 9.64 Å². The standard InChI is InChI=1S/C18H18N6O2S/c1-26-13-2-3-21-16(10-13)23-6-8-24(9-7-23)18(25)15-12-27-17(22-15)14-11-19-4-5-20-14/h2-5,10-12H,6-9H2,1H3. The zero-order valence-electron chi connectivity index (χ0n) is 14.8. The lowest BCUT2D eigenvalue weighted by molar-refractivity contribution is 0.0741. The Kier molecular flexibility index (Phi) is 4.93. The highest BCUT2D eigenvalue weighted by molar-refractivity contribution is 7.13. The number of thiazole rings is 1. The molecule has 27 heavy (non-hydrogen) atoms. The Labute approximate surface area is 160 Å². The highest BCUT2D eigenvalue weighted by Crippen LogP contribution is 2.23. The van der Waals surface area contributed by atoms with Crippen LogP contribution in [0.5, 0.6) is 5.75 Å². The van der Waals surface area contributed by atoms with E-state index in [1.54, 1.807) is 37.3 Å². The fraction of sp³-hybridized carbons (Fsp3) is 0.278. The second-order valence-electron chi connectivity index (χ2n) is 5.96. The first-order valence-corrected chi connectivity index (χ1v) is 9.39. The van der Waals surface area contributed by atoms with Gasteiger partial charge in [-0.2, -0.15) is 0 Å². The molecular weight excluding hydrogens is 364 g/mol. The average molecular weight is 382 g/mol. The van der Waals surface area contributed by atoms with Gasteiger partial charge in [0, 0.05) is 56.2 Å². The first-order valence-electron chi connectivity index (χ1n) is 8.51. The van der Waals surface area contributed by atoms with Gasteiger partial charge in [0.1, 0.15) is 28.0 Å². The van der Waals surface area contributed by atoms with Crippen LogP contribution in [-0.2, 0) is 0 Å². The molecule has 4 rings (SSSR count). The van der Waals surface area contributed by atoms with Crippen LogP contribution in [0.15, 0.2) is 42.3 Å². The number of aromatic nitrogens is 4. The van der Waals surface area contributed by atoms with Gasteiger partial charge in [0.05, 0.1) is 13.3 Å². The molecule has 0 unspecified atom stereocenters. The third-order valence-corrected chi connectivity index (χ3v) is 5.21. The molecule has 0 N–H and O–H groups in total. The molecule has 0 atom stereocenters. The van der Waals surface area contributed by atoms with Crippen molar-refractivity contribution in [3.8, 4) is 16.5 Å². The molecule has 1 saturated heterocycles. The Balaban J connectivity index is 1.41. The van der Waals surface area contributed by atoms with E-state index in [1.807, 2.05) is 17.0 Å². The molecule has 1 amide bonds. The molecule has 3 aromatic rings. The number of amides is 1. The molecule has 1 aliphatic heterocycles. The van der Waals surface area contributed by atoms with Crippen LogP contribution in [0, 0.1) is 0 Å². The van der Waals surface area contributed by atoms with Crippen molar-refractivity contribution in [1.82, 2.24) is 24.8 Å². The minimum Gasteiger partial charge on any atom is -0.497 e. The molecule has 1 aliphatic rings. The zero-order valence-corrected chi connectivity index (χ0v) is 15.6. The van der Waals surface area contributed by atoms with Crippen LogP contribution in [0.4, 0.5) is 5.82 Å². The maximum atomic E-state index is 12.8. The maximum Gasteiger partial charge on any atom is 0.273 e. The fourth-order valence-electron chi connectivity index (χ4n) is 2.90. The molecule has 0 aromatic carbocycles. The third kappa shape index (κ3) is 3.72. The Morgan fingerprint density at radius 2 is 2.00 bits per heavy atom. The van der Waals surface area contributed by atoms with Gasteiger partial charge < -0.3 is 14.5 Å². The van der Waals surface area contributed by atoms with Crippen LogP contribution in [0.2, 0.25) is 0 Å². The summed E-state index contributed by atoms with van der Waals surface area (Å²) in [6.45, 7) is 2.67. The number of hydrogen-bond acceptors (Lipinski definition) is 8. The zero-order chi connectivity index (χ0) is 18.6. The van der Waals surface area contributed by atoms with Gasteiger partial charge in [0.2, 0.25) is 0 Å². The van der Waals surface area contributed by atoms with Crippen molar-refractivity contribution >= 4 is 23.1 Å². The lowest BCUT2D eigenvalue weighted by atomic mass is 10.2. The highest BCUT2D eigenvalue weighted by atomic mass is 32.1. The van der Waals surface area contributed by atoms with E-state index >= 15 is 0 Å². The van der Waals surface area contributed by atoms with Crippen molar-refractivity contribution in [3.63, 3.8) is 0 Å². The summed E-state index contributed by atoms with van der Waals surface area (Å²) in [5, 5.41) is 2.48. The van der Waals surface area contributed by atoms with Gasteiger partial charge in [-0.05, 0) is 6.07 Å². The summed E-state index contributed by atoms with van der Waals surface area (Å²) < 4.78 is 5.25. The Hall–Kier alpha value is -3.07. The van der Waals surface area contributed by atoms with E-state index in [2.05, 4.69) is 24.8 Å². The predicted octanol–water partition coefficient (Wildman–Crippen LogP) is 1.97. The van der Waals surface area contributed by atoms with Gasteiger partial charge in [-0.15, -0.1) is 11.3 Å². The number of rotatable bonds is 4. The van der Waals surface area contributed by atoms with Gasteiger partial charge in [-0.1, -0.05) is 0 Å². The van der Waals surface area contributed by atoms with E-state index in [1.165, 1.54) is 11.3 Å². The van der Waals surface area contributed by atoms with Crippen LogP contribution in [0.25, 0.3) is 10.7 Å². The summed E-state index contributed by atoms with van der Waals surface area (Å²) >= 11 is 1.40. The molecule has 8 nitrogen and oxygen atoms in total. The topological polar surface area (TPSA) is 84.3 Å². The minimum atomic E-state index is -0.0559. The van der Waals surface area contributed by atoms with Gasteiger partial charge in [0.15, 0.2) is 0 Å². The smallest absolute Gasteiger partial charge is 0.273 e. The van der Waals surface area contributed by atoms with Gasteiger partial charge >= 0.3 is 0 Å². The number of nitrogens with zero attached hydrogens (tertiary/aromatic N) is 6. The Morgan fingerprint density at radius 3 is 2.74 bits per heavy atom. The van der Waals surface area contributed by atoms with E-state index in [4.69, 9.17) is 4.74 Å². The van der Waals surface area contributed by atoms with Crippen LogP contribution in [-0.4, -0.2) is 64.0 Å². The van der Waals surface area contributed by atoms with E-state index < -0.39 is 0 Å². The van der Waals surface area contributed by atoms with Gasteiger partial charge in [-0.25, -0.2) is 9.97 Å². The molecule has 138 valence electrons. The summed E-state index contributed by atoms with van der Waals surface area (Å²) in [5.41, 5.74) is 1.13. The lowest BCUT2D eigenvalue weighted by Crippen LogP contribution is -2.49. The second-order valence-corrected chi connectivity index (χ2v) is 6.82. The lowest BCUT2D eigenvalue weighted by Gasteiger charge is -2.35. The second kappa shape index (κ2) is 7.67. The molecule has 0 bridgehead atoms. The van der Waals surface area contributed by atoms with Crippen molar-refractivity contribution in [1.29, 1.82) is 0 Å². The number of anilines is 1. The average Bonchev–Trinajstić information content (AvgIpc) is 3.24. The molecule has 4 heterocycles. The number of hydrogen-bond donors (Lipinski definition) is 0. The Morgan fingerprint density at radius 1 is 1.15 bits per heavy atom. The molecule has 0 radical (unpaired) electrons. The molecule has 3 aromatic heterocycles. The van der Waals surface area contributed by atoms with Crippen LogP contribution >= 0.6 is 11.3 Å². The normalized spacial score (nSPS) is 14.3. The van der Waals surface area contributed by atoms with Gasteiger partial charge in [0.25, 0.3) is 5.91 Å². The molecular formula is C18H18N6O2S. The predicted molar refractivity (Wildman–Crippen MR) is 102 cm³/mol. The number of methoxy groups -OCH3 is 1. The molecule has 0 spiro atoms. The monoisotopic (exact) mass is 382 g/mol. The largest absolute Gasteiger partial charge is 0.497 e. The number of pyridine rings is 1. The van der Waals surface area contributed by atoms with Crippen molar-refractivity contribution in [2.24, 2.45) is 0 Å². The maximum absolute atomic E-state index is 12.8. The SMILES string of the molecule is COc1ccnc(N2CCN(C(=O)c3csc(-c4cnccn4)n3)CC2)c1. The highest BCUT2D eigenvalue weighted by Gasteiger charge is 2.25. The van der Waals surface area contributed by atoms with E-state index in [-0.39, 0.29) is 5.91 Å². The molecule has 0 aliphatic carbocycles. The van der Waals surface area contributed by atoms with Crippen LogP contribution in [0.3, 0.4) is 0 Å². The van der Waals surface area contributed by atoms with Gasteiger partial charge in [-0.3, -0.25) is 14.8 Å². The van der Waals surface area contributed by atoms with Crippen molar-refractivity contribution in [2.75, 3.05) is 38.2 Å². The van der Waals surface area contributed by atoms with Crippen molar-refractivity contribution in [3.05, 3.63) is 48.0 Å². The third-order valence-electron chi connectivity index (χ3n) is 4.35.